The Morgan fingerprint density at radius 1 is 0.823 bits per heavy atom. The van der Waals surface area contributed by atoms with Crippen LogP contribution in [0.1, 0.15) is 63.9 Å². The van der Waals surface area contributed by atoms with Crippen LogP contribution in [0, 0.1) is 19.7 Å². The van der Waals surface area contributed by atoms with Gasteiger partial charge < -0.3 is 44.0 Å². The van der Waals surface area contributed by atoms with Crippen molar-refractivity contribution in [1.82, 2.24) is 35.1 Å². The van der Waals surface area contributed by atoms with Crippen LogP contribution in [-0.2, 0) is 27.3 Å². The number of alkyl carbamates (subject to hydrolysis) is 1. The number of ether oxygens (including phenoxy) is 6. The molecule has 6 heterocycles. The van der Waals surface area contributed by atoms with Crippen molar-refractivity contribution in [2.45, 2.75) is 91.8 Å². The van der Waals surface area contributed by atoms with Gasteiger partial charge in [-0.2, -0.15) is 0 Å². The highest BCUT2D eigenvalue weighted by Gasteiger charge is 2.34. The largest absolute Gasteiger partial charge is 0.490 e. The van der Waals surface area contributed by atoms with Gasteiger partial charge in [-0.3, -0.25) is 4.90 Å². The Morgan fingerprint density at radius 3 is 2.22 bits per heavy atom. The number of hydrogen-bond acceptors (Lipinski definition) is 16. The number of piperazine rings is 1. The van der Waals surface area contributed by atoms with Crippen molar-refractivity contribution < 1.29 is 42.4 Å². The zero-order valence-electron chi connectivity index (χ0n) is 45.8. The molecule has 3 aliphatic heterocycles. The third-order valence-corrected chi connectivity index (χ3v) is 15.2. The van der Waals surface area contributed by atoms with E-state index in [0.29, 0.717) is 102 Å². The fourth-order valence-corrected chi connectivity index (χ4v) is 10.9. The number of halogens is 3. The van der Waals surface area contributed by atoms with E-state index in [-0.39, 0.29) is 25.5 Å². The fraction of sp³-hybridized carbons (Fsp3) is 0.390. The Balaban J connectivity index is 1.08. The number of aromatic nitrogens is 4. The summed E-state index contributed by atoms with van der Waals surface area (Å²) in [6.07, 6.45) is 0.714. The molecule has 416 valence electrons. The molecule has 1 amide bonds. The van der Waals surface area contributed by atoms with Gasteiger partial charge in [0.25, 0.3) is 0 Å². The van der Waals surface area contributed by atoms with E-state index in [2.05, 4.69) is 32.5 Å². The third-order valence-electron chi connectivity index (χ3n) is 13.1. The summed E-state index contributed by atoms with van der Waals surface area (Å²) in [6.45, 7) is 19.6. The number of carbonyl (C=O) groups is 2. The number of nitrogens with zero attached hydrogens (tertiary/aromatic N) is 6. The quantitative estimate of drug-likeness (QED) is 0.0874. The van der Waals surface area contributed by atoms with Crippen molar-refractivity contribution in [3.63, 3.8) is 0 Å². The Labute approximate surface area is 473 Å². The summed E-state index contributed by atoms with van der Waals surface area (Å²) in [7, 11) is 2.11. The lowest BCUT2D eigenvalue weighted by Crippen LogP contribution is -2.49. The number of benzene rings is 4. The van der Waals surface area contributed by atoms with Crippen LogP contribution in [0.15, 0.2) is 85.3 Å². The predicted molar refractivity (Wildman–Crippen MR) is 307 cm³/mol. The van der Waals surface area contributed by atoms with E-state index in [0.717, 1.165) is 42.3 Å². The number of anilines is 1. The number of fused-ring (bicyclic) bond motifs is 7. The van der Waals surface area contributed by atoms with Gasteiger partial charge in [0.1, 0.15) is 59.0 Å². The lowest BCUT2D eigenvalue weighted by atomic mass is 9.92. The smallest absolute Gasteiger partial charge is 0.407 e. The van der Waals surface area contributed by atoms with Crippen molar-refractivity contribution in [2.24, 2.45) is 0 Å². The number of carbonyl (C=O) groups excluding carboxylic acids is 2. The second kappa shape index (κ2) is 24.3. The van der Waals surface area contributed by atoms with Crippen molar-refractivity contribution in [2.75, 3.05) is 64.8 Å². The third kappa shape index (κ3) is 14.1. The topological polar surface area (TPSA) is 172 Å². The average molecular weight is 1140 g/mol. The summed E-state index contributed by atoms with van der Waals surface area (Å²) >= 11 is 16.2. The number of amides is 1. The highest BCUT2D eigenvalue weighted by Crippen LogP contribution is 2.53. The molecule has 1 fully saturated rings. The zero-order valence-corrected chi connectivity index (χ0v) is 48.1. The van der Waals surface area contributed by atoms with E-state index in [1.54, 1.807) is 51.2 Å². The predicted octanol–water partition coefficient (Wildman–Crippen LogP) is 11.8. The maximum absolute atomic E-state index is 14.7. The molecule has 0 unspecified atom stereocenters. The van der Waals surface area contributed by atoms with Crippen LogP contribution in [-0.4, -0.2) is 125 Å². The van der Waals surface area contributed by atoms with E-state index >= 15 is 0 Å². The van der Waals surface area contributed by atoms with Crippen molar-refractivity contribution >= 4 is 62.5 Å². The summed E-state index contributed by atoms with van der Waals surface area (Å²) in [4.78, 5) is 51.5. The van der Waals surface area contributed by atoms with Gasteiger partial charge in [0.05, 0.1) is 21.1 Å². The first kappa shape index (κ1) is 56.9. The Morgan fingerprint density at radius 2 is 1.52 bits per heavy atom. The van der Waals surface area contributed by atoms with Gasteiger partial charge >= 0.3 is 12.1 Å². The monoisotopic (exact) mass is 1130 g/mol. The number of likely N-dealkylation sites (N-methyl/N-ethyl adjacent to an activating group) is 1. The minimum Gasteiger partial charge on any atom is -0.490 e. The van der Waals surface area contributed by atoms with Crippen LogP contribution in [0.4, 0.5) is 14.9 Å². The molecule has 0 saturated carbocycles. The molecular weight excluding hydrogens is 1070 g/mol. The molecule has 0 radical (unpaired) electrons. The van der Waals surface area contributed by atoms with Crippen LogP contribution in [0.2, 0.25) is 10.0 Å². The molecule has 7 aromatic rings. The SMILES string of the molecule is Cc1c(Cl)c2c(Cl)c(C)c1-c1c(-c3ccc(F)cc3)sc3ncnc(c13)O[C@@H](C(=O)OC(C)(C)C)Cc1cc(ccc1OCc1ccnc(-c3ccc(NCCNC(=O)OC(C)(C)C)cc3)n1)OC[C@@H](CN1CCN(C)CC1)O2. The van der Waals surface area contributed by atoms with Gasteiger partial charge in [-0.15, -0.1) is 11.3 Å². The molecule has 3 aliphatic rings. The summed E-state index contributed by atoms with van der Waals surface area (Å²) in [6, 6.07) is 21.1. The van der Waals surface area contributed by atoms with Gasteiger partial charge in [0.2, 0.25) is 12.0 Å². The molecular formula is C59H65Cl2FN8O8S. The van der Waals surface area contributed by atoms with Crippen molar-refractivity contribution in [1.29, 1.82) is 0 Å². The first-order chi connectivity index (χ1) is 37.7. The fourth-order valence-electron chi connectivity index (χ4n) is 9.26. The van der Waals surface area contributed by atoms with E-state index in [1.807, 2.05) is 71.0 Å². The van der Waals surface area contributed by atoms with Gasteiger partial charge in [0.15, 0.2) is 11.6 Å². The summed E-state index contributed by atoms with van der Waals surface area (Å²) in [5, 5.41) is 7.16. The molecule has 2 N–H and O–H groups in total. The first-order valence-electron chi connectivity index (χ1n) is 26.2. The second-order valence-electron chi connectivity index (χ2n) is 21.6. The Bertz CT molecular complexity index is 3300. The lowest BCUT2D eigenvalue weighted by molar-refractivity contribution is -0.163. The van der Waals surface area contributed by atoms with E-state index in [9.17, 15) is 14.0 Å². The van der Waals surface area contributed by atoms with E-state index in [1.165, 1.54) is 29.8 Å². The van der Waals surface area contributed by atoms with Gasteiger partial charge in [-0.1, -0.05) is 35.3 Å². The minimum atomic E-state index is -1.29. The number of rotatable bonds is 12. The molecule has 1 saturated heterocycles. The molecule has 10 rings (SSSR count). The molecule has 16 nitrogen and oxygen atoms in total. The normalized spacial score (nSPS) is 16.3. The number of thiophene rings is 1. The highest BCUT2D eigenvalue weighted by molar-refractivity contribution is 7.22. The zero-order chi connectivity index (χ0) is 56.2. The van der Waals surface area contributed by atoms with Crippen LogP contribution in [0.25, 0.3) is 43.2 Å². The van der Waals surface area contributed by atoms with E-state index < -0.39 is 41.3 Å². The summed E-state index contributed by atoms with van der Waals surface area (Å²) < 4.78 is 53.0. The highest BCUT2D eigenvalue weighted by atomic mass is 35.5. The van der Waals surface area contributed by atoms with Crippen LogP contribution >= 0.6 is 34.5 Å². The van der Waals surface area contributed by atoms with Crippen LogP contribution in [0.5, 0.6) is 23.1 Å². The molecule has 20 heteroatoms. The number of nitrogens with one attached hydrogen (secondary N) is 2. The first-order valence-corrected chi connectivity index (χ1v) is 27.7. The molecule has 4 aromatic carbocycles. The van der Waals surface area contributed by atoms with Gasteiger partial charge in [-0.25, -0.2) is 33.9 Å². The second-order valence-corrected chi connectivity index (χ2v) is 23.4. The molecule has 4 bridgehead atoms. The molecule has 3 aromatic heterocycles. The van der Waals surface area contributed by atoms with Crippen LogP contribution < -0.4 is 29.6 Å². The van der Waals surface area contributed by atoms with Gasteiger partial charge in [-0.05, 0) is 145 Å². The Kier molecular flexibility index (Phi) is 17.5. The van der Waals surface area contributed by atoms with Crippen molar-refractivity contribution in [3.8, 4) is 56.1 Å². The molecule has 79 heavy (non-hydrogen) atoms. The Hall–Kier alpha value is -6.83. The number of hydrogen-bond donors (Lipinski definition) is 2. The average Bonchev–Trinajstić information content (AvgIpc) is 4.08. The maximum Gasteiger partial charge on any atom is 0.407 e. The van der Waals surface area contributed by atoms with Crippen LogP contribution in [0.3, 0.4) is 0 Å². The summed E-state index contributed by atoms with van der Waals surface area (Å²) in [5.41, 5.74) is 4.70. The standard InChI is InChI=1S/C59H65Cl2FN8O8S/c1-34-46-35(2)50(61)51(49(34)60)75-43(30-70-26-24-69(9)25-27-70)32-73-42-18-19-44(74-31-41-20-21-64-53(68-41)37-12-16-40(17-13-37)63-22-23-65-57(72)78-59(6,7)8)38(28-42)29-45(56(71)77-58(3,4)5)76-54-48-47(46)52(79-55(48)67-33-66-54)36-10-14-39(62)15-11-36/h10-21,28,33,43,45,63H,22-27,29-32H2,1-9H3,(H,65,72)/t43-,45-/m1/s1. The minimum absolute atomic E-state index is 0.0420. The molecule has 0 aliphatic carbocycles. The molecule has 2 atom stereocenters. The summed E-state index contributed by atoms with van der Waals surface area (Å²) in [5.74, 6) is 0.803. The van der Waals surface area contributed by atoms with Crippen molar-refractivity contribution in [3.05, 3.63) is 124 Å². The van der Waals surface area contributed by atoms with Gasteiger partial charge in [0, 0.05) is 85.7 Å². The molecule has 0 spiro atoms. The lowest BCUT2D eigenvalue weighted by Gasteiger charge is -2.35. The maximum atomic E-state index is 14.7. The number of esters is 1. The van der Waals surface area contributed by atoms with E-state index in [4.69, 9.17) is 66.6 Å².